The van der Waals surface area contributed by atoms with Gasteiger partial charge in [-0.3, -0.25) is 0 Å². The van der Waals surface area contributed by atoms with E-state index in [1.807, 2.05) is 0 Å². The smallest absolute Gasteiger partial charge is 0.200 e. The number of hydrogen-bond acceptors (Lipinski definition) is 4. The van der Waals surface area contributed by atoms with Crippen molar-refractivity contribution in [2.75, 3.05) is 14.2 Å². The van der Waals surface area contributed by atoms with Gasteiger partial charge in [-0.1, -0.05) is 24.3 Å². The van der Waals surface area contributed by atoms with E-state index in [-0.39, 0.29) is 56.0 Å². The number of nitrogens with zero attached hydrogens (tertiary/aromatic N) is 2. The number of aromatic nitrogens is 4. The average Bonchev–Trinajstić information content (AvgIpc) is 4.14. The summed E-state index contributed by atoms with van der Waals surface area (Å²) in [5, 5.41) is 0. The summed E-state index contributed by atoms with van der Waals surface area (Å²) in [7, 11) is 2.86. The van der Waals surface area contributed by atoms with E-state index in [0.29, 0.717) is 22.6 Å². The lowest BCUT2D eigenvalue weighted by Gasteiger charge is -2.11. The van der Waals surface area contributed by atoms with Crippen LogP contribution in [0.15, 0.2) is 72.8 Å². The summed E-state index contributed by atoms with van der Waals surface area (Å²) in [5.74, 6) is -21.2. The Kier molecular flexibility index (Phi) is 9.72. The second-order valence-electron chi connectivity index (χ2n) is 13.8. The summed E-state index contributed by atoms with van der Waals surface area (Å²) in [6.07, 6.45) is 5.38. The Hall–Kier alpha value is -7.62. The van der Waals surface area contributed by atoms with Gasteiger partial charge < -0.3 is 19.4 Å². The normalized spacial score (nSPS) is 12.1. The third kappa shape index (κ3) is 6.28. The van der Waals surface area contributed by atoms with Crippen LogP contribution in [0.25, 0.3) is 90.9 Å². The first kappa shape index (κ1) is 39.8. The van der Waals surface area contributed by atoms with Crippen LogP contribution in [0, 0.1) is 58.2 Å². The first-order valence-corrected chi connectivity index (χ1v) is 18.3. The highest BCUT2D eigenvalue weighted by Crippen LogP contribution is 2.42. The van der Waals surface area contributed by atoms with Crippen LogP contribution in [0.2, 0.25) is 0 Å². The summed E-state index contributed by atoms with van der Waals surface area (Å²) in [6, 6.07) is 18.2. The number of fused-ring (bicyclic) bond motifs is 8. The summed E-state index contributed by atoms with van der Waals surface area (Å²) >= 11 is 0. The SMILES string of the molecule is COc1ccc(-c2c3nc(c(-c4c(F)c(F)c(F)c(F)c4F)c4ccc([nH]4)c(-c4ccc(OC)cc4)c4nc(c(-c5c(F)c(F)c(F)c(F)c5F)c5ccc2[nH]5)C=C4)C=C3)cc1. The Bertz CT molecular complexity index is 2990. The van der Waals surface area contributed by atoms with Crippen molar-refractivity contribution in [3.05, 3.63) is 154 Å². The third-order valence-electron chi connectivity index (χ3n) is 10.4. The van der Waals surface area contributed by atoms with E-state index >= 15 is 17.6 Å². The minimum atomic E-state index is -2.37. The van der Waals surface area contributed by atoms with Crippen LogP contribution in [-0.2, 0) is 0 Å². The Morgan fingerprint density at radius 1 is 0.323 bits per heavy atom. The molecular formula is C46H24F10N4O2. The molecule has 0 radical (unpaired) electrons. The van der Waals surface area contributed by atoms with Gasteiger partial charge >= 0.3 is 0 Å². The number of rotatable bonds is 6. The molecule has 0 amide bonds. The van der Waals surface area contributed by atoms with E-state index in [2.05, 4.69) is 19.9 Å². The van der Waals surface area contributed by atoms with Crippen molar-refractivity contribution in [1.29, 1.82) is 0 Å². The highest BCUT2D eigenvalue weighted by Gasteiger charge is 2.31. The van der Waals surface area contributed by atoms with Gasteiger partial charge in [-0.15, -0.1) is 0 Å². The Morgan fingerprint density at radius 2 is 0.581 bits per heavy atom. The predicted octanol–water partition coefficient (Wildman–Crippen LogP) is 12.7. The number of ether oxygens (including phenoxy) is 2. The lowest BCUT2D eigenvalue weighted by Crippen LogP contribution is -2.05. The molecule has 0 unspecified atom stereocenters. The molecule has 2 aliphatic rings. The van der Waals surface area contributed by atoms with Crippen LogP contribution >= 0.6 is 0 Å². The molecule has 310 valence electrons. The molecule has 0 saturated carbocycles. The predicted molar refractivity (Wildman–Crippen MR) is 213 cm³/mol. The molecular weight excluding hydrogens is 831 g/mol. The lowest BCUT2D eigenvalue weighted by molar-refractivity contribution is 0.381. The van der Waals surface area contributed by atoms with Gasteiger partial charge in [-0.2, -0.15) is 0 Å². The van der Waals surface area contributed by atoms with Gasteiger partial charge in [0.25, 0.3) is 0 Å². The standard InChI is InChI=1S/C46H24F10N4O2/c1-61-21-7-3-19(4-8-21)31-23-11-15-27(57-23)33(35-37(47)41(51)45(55)42(52)38(35)48)29-17-13-25(59-29)32(20-5-9-22(62-2)10-6-20)26-14-18-30(60-26)34(28-16-12-24(31)58-28)36-39(49)43(53)46(56)44(54)40(36)50/h3-18,57,60H,1-2H3. The van der Waals surface area contributed by atoms with E-state index in [1.54, 1.807) is 48.5 Å². The van der Waals surface area contributed by atoms with Crippen LogP contribution < -0.4 is 9.47 Å². The van der Waals surface area contributed by atoms with E-state index in [1.165, 1.54) is 62.8 Å². The molecule has 0 saturated heterocycles. The molecule has 7 aromatic rings. The molecule has 0 atom stereocenters. The fraction of sp³-hybridized carbons (Fsp3) is 0.0435. The van der Waals surface area contributed by atoms with Crippen LogP contribution in [0.5, 0.6) is 11.5 Å². The number of H-pyrrole nitrogens is 2. The number of aromatic amines is 2. The summed E-state index contributed by atoms with van der Waals surface area (Å²) < 4.78 is 163. The highest BCUT2D eigenvalue weighted by molar-refractivity contribution is 6.00. The zero-order valence-electron chi connectivity index (χ0n) is 31.7. The van der Waals surface area contributed by atoms with Crippen LogP contribution in [0.4, 0.5) is 43.9 Å². The Balaban J connectivity index is 1.52. The molecule has 0 fully saturated rings. The van der Waals surface area contributed by atoms with Crippen molar-refractivity contribution in [1.82, 2.24) is 19.9 Å². The van der Waals surface area contributed by atoms with Crippen LogP contribution in [0.1, 0.15) is 22.8 Å². The van der Waals surface area contributed by atoms with E-state index in [4.69, 9.17) is 9.47 Å². The molecule has 0 aliphatic carbocycles. The van der Waals surface area contributed by atoms with Crippen LogP contribution in [-0.4, -0.2) is 34.2 Å². The topological polar surface area (TPSA) is 75.8 Å². The van der Waals surface area contributed by atoms with Crippen molar-refractivity contribution in [2.45, 2.75) is 0 Å². The van der Waals surface area contributed by atoms with Crippen molar-refractivity contribution in [3.8, 4) is 56.0 Å². The zero-order chi connectivity index (χ0) is 43.7. The Morgan fingerprint density at radius 3 is 0.871 bits per heavy atom. The fourth-order valence-electron chi connectivity index (χ4n) is 7.50. The van der Waals surface area contributed by atoms with Crippen molar-refractivity contribution >= 4 is 46.4 Å². The Labute approximate surface area is 343 Å². The van der Waals surface area contributed by atoms with Gasteiger partial charge in [0.05, 0.1) is 48.1 Å². The van der Waals surface area contributed by atoms with Crippen LogP contribution in [0.3, 0.4) is 0 Å². The van der Waals surface area contributed by atoms with E-state index in [0.717, 1.165) is 0 Å². The minimum Gasteiger partial charge on any atom is -0.497 e. The fourth-order valence-corrected chi connectivity index (χ4v) is 7.50. The summed E-state index contributed by atoms with van der Waals surface area (Å²) in [5.41, 5.74) is -2.84. The summed E-state index contributed by atoms with van der Waals surface area (Å²) in [4.78, 5) is 15.3. The first-order chi connectivity index (χ1) is 29.8. The highest BCUT2D eigenvalue weighted by atomic mass is 19.2. The third-order valence-corrected chi connectivity index (χ3v) is 10.4. The van der Waals surface area contributed by atoms with Gasteiger partial charge in [0.2, 0.25) is 11.6 Å². The summed E-state index contributed by atoms with van der Waals surface area (Å²) in [6.45, 7) is 0. The molecule has 8 bridgehead atoms. The number of nitrogens with one attached hydrogen (secondary N) is 2. The molecule has 16 heteroatoms. The molecule has 6 nitrogen and oxygen atoms in total. The maximum Gasteiger partial charge on any atom is 0.200 e. The second-order valence-corrected chi connectivity index (χ2v) is 13.8. The quantitative estimate of drug-likeness (QED) is 0.0992. The van der Waals surface area contributed by atoms with Gasteiger partial charge in [-0.25, -0.2) is 53.9 Å². The van der Waals surface area contributed by atoms with Gasteiger partial charge in [0, 0.05) is 44.3 Å². The van der Waals surface area contributed by atoms with E-state index in [9.17, 15) is 26.3 Å². The van der Waals surface area contributed by atoms with E-state index < -0.39 is 80.4 Å². The van der Waals surface area contributed by atoms with Crippen molar-refractivity contribution in [3.63, 3.8) is 0 Å². The molecule has 2 N–H and O–H groups in total. The molecule has 2 aliphatic heterocycles. The zero-order valence-corrected chi connectivity index (χ0v) is 31.7. The lowest BCUT2D eigenvalue weighted by atomic mass is 10.0. The van der Waals surface area contributed by atoms with Gasteiger partial charge in [0.1, 0.15) is 11.5 Å². The molecule has 3 aromatic heterocycles. The molecule has 62 heavy (non-hydrogen) atoms. The minimum absolute atomic E-state index is 0.0517. The number of halogens is 10. The molecule has 4 aromatic carbocycles. The number of benzene rings is 4. The van der Waals surface area contributed by atoms with Crippen molar-refractivity contribution < 1.29 is 53.4 Å². The maximum absolute atomic E-state index is 15.9. The largest absolute Gasteiger partial charge is 0.497 e. The van der Waals surface area contributed by atoms with Gasteiger partial charge in [-0.05, 0) is 84.0 Å². The average molecular weight is 855 g/mol. The van der Waals surface area contributed by atoms with Crippen molar-refractivity contribution in [2.24, 2.45) is 0 Å². The van der Waals surface area contributed by atoms with Gasteiger partial charge in [0.15, 0.2) is 46.5 Å². The number of hydrogen-bond donors (Lipinski definition) is 2. The molecule has 0 spiro atoms. The molecule has 5 heterocycles. The second kappa shape index (κ2) is 15.1. The molecule has 9 rings (SSSR count). The maximum atomic E-state index is 15.9. The number of methoxy groups -OCH3 is 2. The first-order valence-electron chi connectivity index (χ1n) is 18.3. The monoisotopic (exact) mass is 854 g/mol.